The zero-order valence-corrected chi connectivity index (χ0v) is 16.1. The average molecular weight is 422 g/mol. The molecular formula is C18H17Cl2N5O3. The summed E-state index contributed by atoms with van der Waals surface area (Å²) >= 11 is 11.8. The Morgan fingerprint density at radius 3 is 2.39 bits per heavy atom. The van der Waals surface area contributed by atoms with Crippen molar-refractivity contribution in [1.82, 2.24) is 10.3 Å². The van der Waals surface area contributed by atoms with Crippen molar-refractivity contribution in [1.29, 1.82) is 0 Å². The van der Waals surface area contributed by atoms with Gasteiger partial charge < -0.3 is 15.5 Å². The standard InChI is InChI=1S/C18H17Cl2N5O3/c19-12-3-1-11(2-4-12)9-15(17-23-16(26)10-28-24-17)25(21)18(27)22-14-7-5-13(20)6-8-14/h1-8,15H,9-10,21H2,(H,22,27)(H,23,24,26)/t15-/m0/s1. The van der Waals surface area contributed by atoms with E-state index in [0.717, 1.165) is 10.6 Å². The fourth-order valence-electron chi connectivity index (χ4n) is 2.54. The van der Waals surface area contributed by atoms with E-state index in [2.05, 4.69) is 15.8 Å². The van der Waals surface area contributed by atoms with Crippen molar-refractivity contribution in [3.63, 3.8) is 0 Å². The number of nitrogens with one attached hydrogen (secondary N) is 2. The highest BCUT2D eigenvalue weighted by molar-refractivity contribution is 6.30. The Kier molecular flexibility index (Phi) is 6.35. The molecule has 1 heterocycles. The third kappa shape index (κ3) is 5.13. The Bertz CT molecular complexity index is 887. The molecule has 28 heavy (non-hydrogen) atoms. The second-order valence-electron chi connectivity index (χ2n) is 5.99. The number of anilines is 1. The molecule has 0 aromatic heterocycles. The molecule has 2 aromatic carbocycles. The lowest BCUT2D eigenvalue weighted by atomic mass is 10.0. The number of rotatable bonds is 5. The van der Waals surface area contributed by atoms with Gasteiger partial charge in [-0.2, -0.15) is 0 Å². The normalized spacial score (nSPS) is 14.4. The van der Waals surface area contributed by atoms with Crippen LogP contribution in [0.2, 0.25) is 10.0 Å². The molecule has 1 aliphatic rings. The first kappa shape index (κ1) is 19.9. The molecule has 0 saturated carbocycles. The Labute approximate surface area is 171 Å². The van der Waals surface area contributed by atoms with Gasteiger partial charge >= 0.3 is 6.03 Å². The van der Waals surface area contributed by atoms with Crippen molar-refractivity contribution >= 4 is 46.7 Å². The highest BCUT2D eigenvalue weighted by Gasteiger charge is 2.30. The molecule has 1 atom stereocenters. The van der Waals surface area contributed by atoms with Gasteiger partial charge in [-0.25, -0.2) is 10.6 Å². The summed E-state index contributed by atoms with van der Waals surface area (Å²) in [5.74, 6) is 5.84. The Balaban J connectivity index is 1.80. The van der Waals surface area contributed by atoms with E-state index in [0.29, 0.717) is 15.7 Å². The van der Waals surface area contributed by atoms with Crippen LogP contribution in [0.4, 0.5) is 10.5 Å². The van der Waals surface area contributed by atoms with Crippen molar-refractivity contribution in [3.8, 4) is 0 Å². The summed E-state index contributed by atoms with van der Waals surface area (Å²) in [5.41, 5.74) is 1.35. The van der Waals surface area contributed by atoms with E-state index in [9.17, 15) is 9.59 Å². The van der Waals surface area contributed by atoms with Gasteiger partial charge in [0.2, 0.25) is 0 Å². The molecule has 2 aromatic rings. The molecule has 0 radical (unpaired) electrons. The molecule has 0 aliphatic carbocycles. The van der Waals surface area contributed by atoms with Gasteiger partial charge in [0.05, 0.1) is 0 Å². The van der Waals surface area contributed by atoms with Crippen molar-refractivity contribution in [3.05, 3.63) is 64.1 Å². The fraction of sp³-hybridized carbons (Fsp3) is 0.167. The van der Waals surface area contributed by atoms with Crippen LogP contribution < -0.4 is 16.5 Å². The minimum atomic E-state index is -0.780. The minimum absolute atomic E-state index is 0.139. The molecule has 4 N–H and O–H groups in total. The summed E-state index contributed by atoms with van der Waals surface area (Å²) in [4.78, 5) is 29.2. The summed E-state index contributed by atoms with van der Waals surface area (Å²) in [5, 5.41) is 11.2. The van der Waals surface area contributed by atoms with Crippen LogP contribution in [0.5, 0.6) is 0 Å². The van der Waals surface area contributed by atoms with Gasteiger partial charge in [0.25, 0.3) is 5.91 Å². The summed E-state index contributed by atoms with van der Waals surface area (Å²) in [6, 6.07) is 12.2. The molecule has 146 valence electrons. The molecule has 0 bridgehead atoms. The Hall–Kier alpha value is -2.81. The number of amides is 3. The molecule has 0 spiro atoms. The van der Waals surface area contributed by atoms with E-state index < -0.39 is 12.1 Å². The predicted molar refractivity (Wildman–Crippen MR) is 107 cm³/mol. The van der Waals surface area contributed by atoms with E-state index >= 15 is 0 Å². The highest BCUT2D eigenvalue weighted by Crippen LogP contribution is 2.16. The van der Waals surface area contributed by atoms with Crippen LogP contribution in [0.3, 0.4) is 0 Å². The maximum atomic E-state index is 12.6. The first-order valence-corrected chi connectivity index (χ1v) is 9.02. The van der Waals surface area contributed by atoms with Crippen LogP contribution in [0.25, 0.3) is 0 Å². The Morgan fingerprint density at radius 1 is 1.18 bits per heavy atom. The third-order valence-corrected chi connectivity index (χ3v) is 4.45. The van der Waals surface area contributed by atoms with Crippen molar-refractivity contribution < 1.29 is 14.4 Å². The number of nitrogens with zero attached hydrogens (tertiary/aromatic N) is 2. The lowest BCUT2D eigenvalue weighted by Gasteiger charge is -2.29. The topological polar surface area (TPSA) is 109 Å². The second kappa shape index (κ2) is 8.92. The maximum absolute atomic E-state index is 12.6. The maximum Gasteiger partial charge on any atom is 0.336 e. The second-order valence-corrected chi connectivity index (χ2v) is 6.86. The number of carbonyl (C=O) groups is 2. The first-order chi connectivity index (χ1) is 13.4. The molecule has 0 fully saturated rings. The van der Waals surface area contributed by atoms with E-state index in [-0.39, 0.29) is 24.8 Å². The molecule has 1 aliphatic heterocycles. The molecule has 3 amide bonds. The van der Waals surface area contributed by atoms with Crippen molar-refractivity contribution in [2.24, 2.45) is 11.0 Å². The molecule has 0 saturated heterocycles. The number of amidine groups is 1. The number of benzene rings is 2. The monoisotopic (exact) mass is 421 g/mol. The average Bonchev–Trinajstić information content (AvgIpc) is 2.68. The van der Waals surface area contributed by atoms with Crippen LogP contribution in [-0.2, 0) is 16.1 Å². The van der Waals surface area contributed by atoms with Crippen LogP contribution >= 0.6 is 23.2 Å². The van der Waals surface area contributed by atoms with Crippen LogP contribution in [0.1, 0.15) is 5.56 Å². The first-order valence-electron chi connectivity index (χ1n) is 8.27. The lowest BCUT2D eigenvalue weighted by Crippen LogP contribution is -2.57. The number of carbonyl (C=O) groups excluding carboxylic acids is 2. The molecular weight excluding hydrogens is 405 g/mol. The molecule has 3 rings (SSSR count). The number of urea groups is 1. The van der Waals surface area contributed by atoms with E-state index in [1.165, 1.54) is 0 Å². The van der Waals surface area contributed by atoms with Gasteiger partial charge in [0.1, 0.15) is 6.04 Å². The molecule has 0 unspecified atom stereocenters. The number of oxime groups is 1. The zero-order chi connectivity index (χ0) is 20.1. The summed E-state index contributed by atoms with van der Waals surface area (Å²) in [6.45, 7) is -0.196. The van der Waals surface area contributed by atoms with E-state index in [1.807, 2.05) is 0 Å². The summed E-state index contributed by atoms with van der Waals surface area (Å²) in [6.07, 6.45) is 0.282. The smallest absolute Gasteiger partial charge is 0.336 e. The minimum Gasteiger partial charge on any atom is -0.384 e. The van der Waals surface area contributed by atoms with Crippen LogP contribution in [-0.4, -0.2) is 35.4 Å². The lowest BCUT2D eigenvalue weighted by molar-refractivity contribution is -0.125. The number of hydrogen-bond acceptors (Lipinski definition) is 5. The van der Waals surface area contributed by atoms with Gasteiger partial charge in [-0.3, -0.25) is 9.80 Å². The van der Waals surface area contributed by atoms with Crippen LogP contribution in [0.15, 0.2) is 53.7 Å². The van der Waals surface area contributed by atoms with Crippen LogP contribution in [0, 0.1) is 0 Å². The third-order valence-electron chi connectivity index (χ3n) is 3.95. The van der Waals surface area contributed by atoms with Gasteiger partial charge in [-0.05, 0) is 42.0 Å². The number of halogens is 2. The summed E-state index contributed by atoms with van der Waals surface area (Å²) < 4.78 is 0. The van der Waals surface area contributed by atoms with Gasteiger partial charge in [-0.15, -0.1) is 0 Å². The van der Waals surface area contributed by atoms with Crippen molar-refractivity contribution in [2.75, 3.05) is 11.9 Å². The van der Waals surface area contributed by atoms with Gasteiger partial charge in [0.15, 0.2) is 12.4 Å². The number of hydrogen-bond donors (Lipinski definition) is 3. The molecule has 10 heteroatoms. The number of hydrazine groups is 1. The van der Waals surface area contributed by atoms with Gasteiger partial charge in [0, 0.05) is 22.2 Å². The fourth-order valence-corrected chi connectivity index (χ4v) is 2.79. The molecule has 8 nitrogen and oxygen atoms in total. The van der Waals surface area contributed by atoms with Crippen molar-refractivity contribution in [2.45, 2.75) is 12.5 Å². The Morgan fingerprint density at radius 2 is 1.79 bits per heavy atom. The zero-order valence-electron chi connectivity index (χ0n) is 14.6. The number of nitrogens with two attached hydrogens (primary N) is 1. The van der Waals surface area contributed by atoms with E-state index in [1.54, 1.807) is 48.5 Å². The highest BCUT2D eigenvalue weighted by atomic mass is 35.5. The van der Waals surface area contributed by atoms with E-state index in [4.69, 9.17) is 33.9 Å². The predicted octanol–water partition coefficient (Wildman–Crippen LogP) is 2.77. The largest absolute Gasteiger partial charge is 0.384 e. The quantitative estimate of drug-likeness (QED) is 0.391. The summed E-state index contributed by atoms with van der Waals surface area (Å²) in [7, 11) is 0. The SMILES string of the molecule is NN(C(=O)Nc1ccc(Cl)cc1)[C@@H](Cc1ccc(Cl)cc1)C1=NOCC(=O)N1. The van der Waals surface area contributed by atoms with Gasteiger partial charge in [-0.1, -0.05) is 40.5 Å².